The maximum Gasteiger partial charge on any atom is 0.162 e. The van der Waals surface area contributed by atoms with Crippen LogP contribution < -0.4 is 18.9 Å². The third kappa shape index (κ3) is 6.62. The van der Waals surface area contributed by atoms with Crippen LogP contribution in [0.5, 0.6) is 23.0 Å². The van der Waals surface area contributed by atoms with E-state index in [0.717, 1.165) is 14.5 Å². The molecule has 0 bridgehead atoms. The largest absolute Gasteiger partial charge is 0.495 e. The van der Waals surface area contributed by atoms with Crippen LogP contribution in [0.15, 0.2) is 33.2 Å². The minimum Gasteiger partial charge on any atom is -0.495 e. The van der Waals surface area contributed by atoms with E-state index in [2.05, 4.69) is 31.9 Å². The first kappa shape index (κ1) is 26.3. The first-order valence-electron chi connectivity index (χ1n) is 9.31. The summed E-state index contributed by atoms with van der Waals surface area (Å²) in [6.45, 7) is 3.75. The number of methoxy groups -OCH3 is 4. The average Bonchev–Trinajstić information content (AvgIpc) is 2.78. The molecule has 0 saturated heterocycles. The maximum atomic E-state index is 11.5. The Balaban J connectivity index is 0.000000300. The number of ketones is 1. The van der Waals surface area contributed by atoms with Crippen molar-refractivity contribution in [2.75, 3.05) is 28.4 Å². The van der Waals surface area contributed by atoms with Gasteiger partial charge in [-0.2, -0.15) is 0 Å². The molecule has 1 atom stereocenters. The van der Waals surface area contributed by atoms with Gasteiger partial charge in [-0.25, -0.2) is 0 Å². The van der Waals surface area contributed by atoms with Crippen LogP contribution in [-0.2, 0) is 0 Å². The lowest BCUT2D eigenvalue weighted by Crippen LogP contribution is -1.99. The number of Topliss-reactive ketones (excluding diaryl/α,β-unsaturated/α-hetero) is 1. The molecule has 1 unspecified atom stereocenters. The van der Waals surface area contributed by atoms with Crippen LogP contribution in [0.2, 0.25) is 0 Å². The Morgan fingerprint density at radius 1 is 0.833 bits per heavy atom. The average molecular weight is 548 g/mol. The van der Waals surface area contributed by atoms with Gasteiger partial charge in [-0.1, -0.05) is 13.8 Å². The van der Waals surface area contributed by atoms with Crippen LogP contribution >= 0.6 is 31.9 Å². The highest BCUT2D eigenvalue weighted by Crippen LogP contribution is 2.38. The summed E-state index contributed by atoms with van der Waals surface area (Å²) in [7, 11) is 6.28. The van der Waals surface area contributed by atoms with E-state index < -0.39 is 6.10 Å². The van der Waals surface area contributed by atoms with Crippen LogP contribution in [0.1, 0.15) is 48.7 Å². The second-order valence-electron chi connectivity index (χ2n) is 6.13. The molecule has 1 N–H and O–H groups in total. The molecule has 8 heteroatoms. The van der Waals surface area contributed by atoms with E-state index in [1.807, 2.05) is 13.8 Å². The summed E-state index contributed by atoms with van der Waals surface area (Å²) in [5.74, 6) is 2.60. The molecule has 0 heterocycles. The number of carbonyl (C=O) groups is 1. The van der Waals surface area contributed by atoms with Gasteiger partial charge in [0.1, 0.15) is 31.9 Å². The van der Waals surface area contributed by atoms with Gasteiger partial charge in [0.25, 0.3) is 0 Å². The summed E-state index contributed by atoms with van der Waals surface area (Å²) in [5.41, 5.74) is 1.41. The SMILES string of the molecule is CCC(=O)c1cc(OC)c(Br)c(OC)c1.CCC(O)c1cc(OC)c(Br)c(OC)c1. The number of carbonyl (C=O) groups excluding carboxylic acids is 1. The summed E-state index contributed by atoms with van der Waals surface area (Å²) in [6, 6.07) is 7.03. The maximum absolute atomic E-state index is 11.5. The standard InChI is InChI=1S/C11H15BrO3.C11H13BrO3/c2*1-4-8(13)7-5-9(14-2)11(12)10(6-7)15-3/h5-6,8,13H,4H2,1-3H3;5-6H,4H2,1-3H3. The van der Waals surface area contributed by atoms with E-state index in [1.54, 1.807) is 52.7 Å². The van der Waals surface area contributed by atoms with E-state index in [1.165, 1.54) is 0 Å². The van der Waals surface area contributed by atoms with Crippen molar-refractivity contribution in [3.63, 3.8) is 0 Å². The Bertz CT molecular complexity index is 804. The number of hydrogen-bond acceptors (Lipinski definition) is 6. The zero-order valence-electron chi connectivity index (χ0n) is 18.0. The van der Waals surface area contributed by atoms with Crippen molar-refractivity contribution in [2.24, 2.45) is 0 Å². The minimum atomic E-state index is -0.485. The number of aliphatic hydroxyl groups is 1. The van der Waals surface area contributed by atoms with E-state index in [0.29, 0.717) is 41.4 Å². The first-order chi connectivity index (χ1) is 14.3. The highest BCUT2D eigenvalue weighted by Gasteiger charge is 2.14. The Labute approximate surface area is 194 Å². The van der Waals surface area contributed by atoms with E-state index in [4.69, 9.17) is 18.9 Å². The molecule has 0 saturated carbocycles. The molecule has 0 aliphatic rings. The Kier molecular flexibility index (Phi) is 11.2. The van der Waals surface area contributed by atoms with Crippen molar-refractivity contribution in [3.8, 4) is 23.0 Å². The van der Waals surface area contributed by atoms with Crippen molar-refractivity contribution >= 4 is 37.6 Å². The molecular weight excluding hydrogens is 520 g/mol. The molecule has 30 heavy (non-hydrogen) atoms. The van der Waals surface area contributed by atoms with E-state index >= 15 is 0 Å². The third-order valence-electron chi connectivity index (χ3n) is 4.33. The molecule has 2 rings (SSSR count). The van der Waals surface area contributed by atoms with Gasteiger partial charge in [-0.15, -0.1) is 0 Å². The third-order valence-corrected chi connectivity index (χ3v) is 5.89. The predicted octanol–water partition coefficient (Wildman–Crippen LogP) is 5.97. The Hall–Kier alpha value is -1.77. The highest BCUT2D eigenvalue weighted by atomic mass is 79.9. The second kappa shape index (κ2) is 12.8. The normalized spacial score (nSPS) is 11.1. The molecule has 6 nitrogen and oxygen atoms in total. The zero-order chi connectivity index (χ0) is 22.8. The number of hydrogen-bond donors (Lipinski definition) is 1. The van der Waals surface area contributed by atoms with Gasteiger partial charge < -0.3 is 24.1 Å². The smallest absolute Gasteiger partial charge is 0.162 e. The predicted molar refractivity (Wildman–Crippen MR) is 124 cm³/mol. The van der Waals surface area contributed by atoms with Crippen molar-refractivity contribution in [1.29, 1.82) is 0 Å². The van der Waals surface area contributed by atoms with Crippen LogP contribution in [0.4, 0.5) is 0 Å². The van der Waals surface area contributed by atoms with Gasteiger partial charge in [-0.05, 0) is 68.1 Å². The number of rotatable bonds is 8. The molecule has 0 spiro atoms. The number of aliphatic hydroxyl groups excluding tert-OH is 1. The molecule has 0 amide bonds. The van der Waals surface area contributed by atoms with Crippen LogP contribution in [-0.4, -0.2) is 39.3 Å². The topological polar surface area (TPSA) is 74.2 Å². The summed E-state index contributed by atoms with van der Waals surface area (Å²) < 4.78 is 22.1. The first-order valence-corrected chi connectivity index (χ1v) is 10.9. The van der Waals surface area contributed by atoms with Gasteiger partial charge in [0, 0.05) is 12.0 Å². The number of benzene rings is 2. The highest BCUT2D eigenvalue weighted by molar-refractivity contribution is 9.11. The molecular formula is C22H28Br2O6. The number of ether oxygens (including phenoxy) is 4. The van der Waals surface area contributed by atoms with Crippen LogP contribution in [0.25, 0.3) is 0 Å². The molecule has 0 radical (unpaired) electrons. The fourth-order valence-corrected chi connectivity index (χ4v) is 3.66. The van der Waals surface area contributed by atoms with Gasteiger partial charge in [0.15, 0.2) is 5.78 Å². The van der Waals surface area contributed by atoms with Gasteiger partial charge >= 0.3 is 0 Å². The van der Waals surface area contributed by atoms with Crippen molar-refractivity contribution < 1.29 is 28.8 Å². The Morgan fingerprint density at radius 3 is 1.50 bits per heavy atom. The zero-order valence-corrected chi connectivity index (χ0v) is 21.2. The quantitative estimate of drug-likeness (QED) is 0.410. The van der Waals surface area contributed by atoms with Gasteiger partial charge in [0.2, 0.25) is 0 Å². The molecule has 0 aliphatic heterocycles. The van der Waals surface area contributed by atoms with Crippen molar-refractivity contribution in [1.82, 2.24) is 0 Å². The summed E-state index contributed by atoms with van der Waals surface area (Å²) >= 11 is 6.72. The number of halogens is 2. The lowest BCUT2D eigenvalue weighted by molar-refractivity contribution is 0.0987. The van der Waals surface area contributed by atoms with Crippen molar-refractivity contribution in [2.45, 2.75) is 32.8 Å². The molecule has 0 aromatic heterocycles. The monoisotopic (exact) mass is 546 g/mol. The van der Waals surface area contributed by atoms with Gasteiger partial charge in [0.05, 0.1) is 34.5 Å². The van der Waals surface area contributed by atoms with Gasteiger partial charge in [-0.3, -0.25) is 4.79 Å². The molecule has 0 fully saturated rings. The summed E-state index contributed by atoms with van der Waals surface area (Å²) in [6.07, 6.45) is 0.642. The summed E-state index contributed by atoms with van der Waals surface area (Å²) in [5, 5.41) is 9.73. The lowest BCUT2D eigenvalue weighted by atomic mass is 10.1. The van der Waals surface area contributed by atoms with Crippen LogP contribution in [0, 0.1) is 0 Å². The molecule has 0 aliphatic carbocycles. The Morgan fingerprint density at radius 2 is 1.20 bits per heavy atom. The minimum absolute atomic E-state index is 0.0686. The molecule has 2 aromatic rings. The van der Waals surface area contributed by atoms with Crippen molar-refractivity contribution in [3.05, 3.63) is 44.3 Å². The molecule has 2 aromatic carbocycles. The van der Waals surface area contributed by atoms with E-state index in [9.17, 15) is 9.90 Å². The lowest BCUT2D eigenvalue weighted by Gasteiger charge is -2.14. The summed E-state index contributed by atoms with van der Waals surface area (Å²) in [4.78, 5) is 11.5. The van der Waals surface area contributed by atoms with Crippen LogP contribution in [0.3, 0.4) is 0 Å². The van der Waals surface area contributed by atoms with E-state index in [-0.39, 0.29) is 5.78 Å². The fraction of sp³-hybridized carbons (Fsp3) is 0.409. The fourth-order valence-electron chi connectivity index (χ4n) is 2.55. The second-order valence-corrected chi connectivity index (χ2v) is 7.72. The molecule has 166 valence electrons.